The van der Waals surface area contributed by atoms with Crippen molar-refractivity contribution in [2.24, 2.45) is 0 Å². The minimum absolute atomic E-state index is 0.245. The van der Waals surface area contributed by atoms with E-state index in [2.05, 4.69) is 10.6 Å². The standard InChI is InChI=1S/C21H23ClN2O4/c1-4-11-28-19-9-5-15(12-20(19)27-3)6-10-21(26)24-18-13-16(22)7-8-17(18)23-14(2)25/h5-10,12-13H,4,11H2,1-3H3,(H,23,25)(H,24,26)/b10-6+. The van der Waals surface area contributed by atoms with E-state index in [4.69, 9.17) is 21.1 Å². The van der Waals surface area contributed by atoms with Crippen molar-refractivity contribution >= 4 is 40.9 Å². The smallest absolute Gasteiger partial charge is 0.248 e. The van der Waals surface area contributed by atoms with Gasteiger partial charge in [-0.3, -0.25) is 9.59 Å². The van der Waals surface area contributed by atoms with Gasteiger partial charge in [-0.2, -0.15) is 0 Å². The largest absolute Gasteiger partial charge is 0.493 e. The first-order chi connectivity index (χ1) is 13.4. The summed E-state index contributed by atoms with van der Waals surface area (Å²) in [5.41, 5.74) is 1.67. The summed E-state index contributed by atoms with van der Waals surface area (Å²) in [6.45, 7) is 4.02. The topological polar surface area (TPSA) is 76.7 Å². The predicted molar refractivity (Wildman–Crippen MR) is 112 cm³/mol. The highest BCUT2D eigenvalue weighted by Crippen LogP contribution is 2.29. The van der Waals surface area contributed by atoms with Crippen LogP contribution in [0.25, 0.3) is 6.08 Å². The minimum Gasteiger partial charge on any atom is -0.493 e. The molecule has 2 amide bonds. The lowest BCUT2D eigenvalue weighted by atomic mass is 10.2. The number of hydrogen-bond acceptors (Lipinski definition) is 4. The zero-order chi connectivity index (χ0) is 20.5. The van der Waals surface area contributed by atoms with Crippen LogP contribution in [0.5, 0.6) is 11.5 Å². The number of hydrogen-bond donors (Lipinski definition) is 2. The lowest BCUT2D eigenvalue weighted by Crippen LogP contribution is -2.13. The van der Waals surface area contributed by atoms with E-state index in [-0.39, 0.29) is 11.8 Å². The van der Waals surface area contributed by atoms with Crippen molar-refractivity contribution in [3.63, 3.8) is 0 Å². The van der Waals surface area contributed by atoms with Crippen LogP contribution in [0, 0.1) is 0 Å². The summed E-state index contributed by atoms with van der Waals surface area (Å²) in [5.74, 6) is 0.647. The number of amides is 2. The van der Waals surface area contributed by atoms with Gasteiger partial charge in [0.15, 0.2) is 11.5 Å². The van der Waals surface area contributed by atoms with Crippen molar-refractivity contribution in [3.05, 3.63) is 53.1 Å². The number of halogens is 1. The van der Waals surface area contributed by atoms with Crippen LogP contribution >= 0.6 is 11.6 Å². The monoisotopic (exact) mass is 402 g/mol. The second-order valence-electron chi connectivity index (χ2n) is 5.95. The number of methoxy groups -OCH3 is 1. The molecule has 0 radical (unpaired) electrons. The molecule has 28 heavy (non-hydrogen) atoms. The number of anilines is 2. The molecule has 2 rings (SSSR count). The van der Waals surface area contributed by atoms with Gasteiger partial charge in [0, 0.05) is 18.0 Å². The number of carbonyl (C=O) groups is 2. The Bertz CT molecular complexity index is 881. The van der Waals surface area contributed by atoms with E-state index in [0.717, 1.165) is 12.0 Å². The fraction of sp³-hybridized carbons (Fsp3) is 0.238. The first-order valence-corrected chi connectivity index (χ1v) is 9.17. The normalized spacial score (nSPS) is 10.6. The van der Waals surface area contributed by atoms with Crippen LogP contribution in [0.3, 0.4) is 0 Å². The molecule has 0 aliphatic carbocycles. The van der Waals surface area contributed by atoms with E-state index in [1.807, 2.05) is 13.0 Å². The van der Waals surface area contributed by atoms with Gasteiger partial charge in [-0.15, -0.1) is 0 Å². The van der Waals surface area contributed by atoms with Gasteiger partial charge in [-0.25, -0.2) is 0 Å². The van der Waals surface area contributed by atoms with Crippen molar-refractivity contribution < 1.29 is 19.1 Å². The first-order valence-electron chi connectivity index (χ1n) is 8.80. The van der Waals surface area contributed by atoms with Crippen LogP contribution in [0.4, 0.5) is 11.4 Å². The summed E-state index contributed by atoms with van der Waals surface area (Å²) >= 11 is 5.99. The van der Waals surface area contributed by atoms with E-state index >= 15 is 0 Å². The fourth-order valence-corrected chi connectivity index (χ4v) is 2.56. The van der Waals surface area contributed by atoms with Crippen LogP contribution in [-0.2, 0) is 9.59 Å². The second-order valence-corrected chi connectivity index (χ2v) is 6.39. The molecule has 0 saturated heterocycles. The maximum Gasteiger partial charge on any atom is 0.248 e. The molecule has 0 bridgehead atoms. The molecule has 0 fully saturated rings. The van der Waals surface area contributed by atoms with Crippen LogP contribution < -0.4 is 20.1 Å². The van der Waals surface area contributed by atoms with Gasteiger partial charge in [0.2, 0.25) is 11.8 Å². The van der Waals surface area contributed by atoms with Gasteiger partial charge in [-0.05, 0) is 48.4 Å². The lowest BCUT2D eigenvalue weighted by Gasteiger charge is -2.11. The van der Waals surface area contributed by atoms with Crippen molar-refractivity contribution in [3.8, 4) is 11.5 Å². The summed E-state index contributed by atoms with van der Waals surface area (Å²) in [5, 5.41) is 5.81. The zero-order valence-corrected chi connectivity index (χ0v) is 16.8. The molecule has 7 heteroatoms. The first kappa shape index (κ1) is 21.3. The van der Waals surface area contributed by atoms with Crippen molar-refractivity contribution in [1.82, 2.24) is 0 Å². The summed E-state index contributed by atoms with van der Waals surface area (Å²) in [4.78, 5) is 23.6. The Labute approximate surface area is 169 Å². The molecule has 6 nitrogen and oxygen atoms in total. The average molecular weight is 403 g/mol. The Hall–Kier alpha value is -2.99. The van der Waals surface area contributed by atoms with Crippen LogP contribution in [0.2, 0.25) is 5.02 Å². The highest BCUT2D eigenvalue weighted by molar-refractivity contribution is 6.31. The number of carbonyl (C=O) groups excluding carboxylic acids is 2. The second kappa shape index (κ2) is 10.4. The van der Waals surface area contributed by atoms with E-state index in [0.29, 0.717) is 34.5 Å². The molecule has 0 unspecified atom stereocenters. The maximum absolute atomic E-state index is 12.3. The average Bonchev–Trinajstić information content (AvgIpc) is 2.66. The van der Waals surface area contributed by atoms with Gasteiger partial charge in [-0.1, -0.05) is 24.6 Å². The maximum atomic E-state index is 12.3. The quantitative estimate of drug-likeness (QED) is 0.625. The van der Waals surface area contributed by atoms with Crippen LogP contribution in [0.15, 0.2) is 42.5 Å². The third kappa shape index (κ3) is 6.32. The molecular weight excluding hydrogens is 380 g/mol. The SMILES string of the molecule is CCCOc1ccc(/C=C/C(=O)Nc2cc(Cl)ccc2NC(C)=O)cc1OC. The molecule has 0 spiro atoms. The third-order valence-electron chi connectivity index (χ3n) is 3.63. The van der Waals surface area contributed by atoms with Crippen molar-refractivity contribution in [2.75, 3.05) is 24.4 Å². The molecule has 2 aromatic carbocycles. The molecule has 0 atom stereocenters. The Balaban J connectivity index is 2.12. The predicted octanol–water partition coefficient (Wildman–Crippen LogP) is 4.75. The fourth-order valence-electron chi connectivity index (χ4n) is 2.38. The van der Waals surface area contributed by atoms with Gasteiger partial charge in [0.1, 0.15) is 0 Å². The van der Waals surface area contributed by atoms with E-state index in [9.17, 15) is 9.59 Å². The van der Waals surface area contributed by atoms with Gasteiger partial charge < -0.3 is 20.1 Å². The van der Waals surface area contributed by atoms with Crippen LogP contribution in [0.1, 0.15) is 25.8 Å². The highest BCUT2D eigenvalue weighted by atomic mass is 35.5. The zero-order valence-electron chi connectivity index (χ0n) is 16.0. The molecule has 2 N–H and O–H groups in total. The highest BCUT2D eigenvalue weighted by Gasteiger charge is 2.08. The number of rotatable bonds is 8. The Morgan fingerprint density at radius 2 is 1.86 bits per heavy atom. The number of ether oxygens (including phenoxy) is 2. The van der Waals surface area contributed by atoms with Crippen molar-refractivity contribution in [1.29, 1.82) is 0 Å². The molecule has 0 saturated carbocycles. The molecule has 0 aromatic heterocycles. The molecule has 2 aromatic rings. The summed E-state index contributed by atoms with van der Waals surface area (Å²) in [6.07, 6.45) is 3.94. The Kier molecular flexibility index (Phi) is 7.89. The van der Waals surface area contributed by atoms with E-state index < -0.39 is 0 Å². The van der Waals surface area contributed by atoms with Gasteiger partial charge in [0.25, 0.3) is 0 Å². The Morgan fingerprint density at radius 1 is 1.07 bits per heavy atom. The lowest BCUT2D eigenvalue weighted by molar-refractivity contribution is -0.114. The van der Waals surface area contributed by atoms with E-state index in [1.54, 1.807) is 43.5 Å². The van der Waals surface area contributed by atoms with Gasteiger partial charge >= 0.3 is 0 Å². The summed E-state index contributed by atoms with van der Waals surface area (Å²) < 4.78 is 11.0. The molecule has 0 aliphatic heterocycles. The van der Waals surface area contributed by atoms with Crippen molar-refractivity contribution in [2.45, 2.75) is 20.3 Å². The molecular formula is C21H23ClN2O4. The number of benzene rings is 2. The summed E-state index contributed by atoms with van der Waals surface area (Å²) in [6, 6.07) is 10.3. The van der Waals surface area contributed by atoms with E-state index in [1.165, 1.54) is 13.0 Å². The van der Waals surface area contributed by atoms with Crippen LogP contribution in [-0.4, -0.2) is 25.5 Å². The number of nitrogens with one attached hydrogen (secondary N) is 2. The molecule has 0 heterocycles. The molecule has 0 aliphatic rings. The molecule has 148 valence electrons. The van der Waals surface area contributed by atoms with Gasteiger partial charge in [0.05, 0.1) is 25.1 Å². The Morgan fingerprint density at radius 3 is 2.54 bits per heavy atom. The summed E-state index contributed by atoms with van der Waals surface area (Å²) in [7, 11) is 1.57. The third-order valence-corrected chi connectivity index (χ3v) is 3.86. The minimum atomic E-state index is -0.362.